The predicted molar refractivity (Wildman–Crippen MR) is 101 cm³/mol. The van der Waals surface area contributed by atoms with Gasteiger partial charge in [0.05, 0.1) is 12.5 Å². The van der Waals surface area contributed by atoms with E-state index >= 15 is 0 Å². The second-order valence-electron chi connectivity index (χ2n) is 6.31. The van der Waals surface area contributed by atoms with Crippen molar-refractivity contribution in [2.45, 2.75) is 20.3 Å². The molecule has 2 heterocycles. The third-order valence-corrected chi connectivity index (χ3v) is 3.92. The van der Waals surface area contributed by atoms with Gasteiger partial charge in [-0.3, -0.25) is 0 Å². The van der Waals surface area contributed by atoms with E-state index in [1.165, 1.54) is 0 Å². The van der Waals surface area contributed by atoms with E-state index in [2.05, 4.69) is 29.9 Å². The van der Waals surface area contributed by atoms with Crippen LogP contribution in [0, 0.1) is 5.92 Å². The number of para-hydroxylation sites is 1. The van der Waals surface area contributed by atoms with Crippen LogP contribution < -0.4 is 16.2 Å². The molecule has 25 heavy (non-hydrogen) atoms. The number of hydrogen-bond acceptors (Lipinski definition) is 6. The van der Waals surface area contributed by atoms with E-state index in [0.717, 1.165) is 28.9 Å². The molecule has 6 nitrogen and oxygen atoms in total. The van der Waals surface area contributed by atoms with Crippen molar-refractivity contribution in [1.82, 2.24) is 9.97 Å². The zero-order valence-corrected chi connectivity index (χ0v) is 14.6. The highest BCUT2D eigenvalue weighted by Crippen LogP contribution is 2.34. The van der Waals surface area contributed by atoms with Gasteiger partial charge in [-0.25, -0.2) is 0 Å². The van der Waals surface area contributed by atoms with Gasteiger partial charge in [0, 0.05) is 11.1 Å². The van der Waals surface area contributed by atoms with Crippen LogP contribution in [0.2, 0.25) is 0 Å². The number of nitrogens with zero attached hydrogens (tertiary/aromatic N) is 2. The van der Waals surface area contributed by atoms with E-state index in [1.807, 2.05) is 24.3 Å². The lowest BCUT2D eigenvalue weighted by molar-refractivity contribution is 0.413. The molecule has 1 aromatic carbocycles. The van der Waals surface area contributed by atoms with Gasteiger partial charge in [0.25, 0.3) is 0 Å². The first-order valence-electron chi connectivity index (χ1n) is 8.13. The molecule has 4 N–H and O–H groups in total. The third-order valence-electron chi connectivity index (χ3n) is 3.92. The highest BCUT2D eigenvalue weighted by Gasteiger charge is 2.15. The Hall–Kier alpha value is -3.02. The van der Waals surface area contributed by atoms with Crippen molar-refractivity contribution >= 4 is 34.5 Å². The standard InChI is InChI=1S/C19H22N4O2/c1-11(2)8-12(14-6-4-5-7-15(14)24-3)9-13-10-25-18-16(13)17(20)22-19(21)23-18/h4-7,9-11H,8H2,1-3H3,(H4,20,21,22,23)/b12-9+. The van der Waals surface area contributed by atoms with Crippen LogP contribution in [0.5, 0.6) is 5.75 Å². The maximum Gasteiger partial charge on any atom is 0.233 e. The van der Waals surface area contributed by atoms with Crippen LogP contribution in [0.4, 0.5) is 11.8 Å². The number of hydrogen-bond donors (Lipinski definition) is 2. The summed E-state index contributed by atoms with van der Waals surface area (Å²) in [6.45, 7) is 4.35. The fourth-order valence-electron chi connectivity index (χ4n) is 2.90. The number of nitrogens with two attached hydrogens (primary N) is 2. The van der Waals surface area contributed by atoms with Crippen LogP contribution in [0.1, 0.15) is 31.4 Å². The average molecular weight is 338 g/mol. The molecule has 0 saturated carbocycles. The smallest absolute Gasteiger partial charge is 0.233 e. The normalized spacial score (nSPS) is 12.1. The van der Waals surface area contributed by atoms with Crippen molar-refractivity contribution in [3.8, 4) is 5.75 Å². The highest BCUT2D eigenvalue weighted by molar-refractivity contribution is 5.98. The molecule has 0 fully saturated rings. The minimum atomic E-state index is 0.0991. The fraction of sp³-hybridized carbons (Fsp3) is 0.263. The van der Waals surface area contributed by atoms with Gasteiger partial charge in [-0.05, 0) is 30.1 Å². The Balaban J connectivity index is 2.17. The molecule has 6 heteroatoms. The molecule has 3 rings (SSSR count). The number of benzene rings is 1. The molecule has 0 bridgehead atoms. The van der Waals surface area contributed by atoms with Gasteiger partial charge in [-0.1, -0.05) is 32.0 Å². The summed E-state index contributed by atoms with van der Waals surface area (Å²) in [5, 5.41) is 0.672. The Bertz CT molecular complexity index is 928. The van der Waals surface area contributed by atoms with Crippen LogP contribution in [-0.4, -0.2) is 17.1 Å². The number of ether oxygens (including phenoxy) is 1. The zero-order valence-electron chi connectivity index (χ0n) is 14.6. The Morgan fingerprint density at radius 1 is 1.24 bits per heavy atom. The topological polar surface area (TPSA) is 100 Å². The number of nitrogen functional groups attached to an aromatic ring is 2. The van der Waals surface area contributed by atoms with Gasteiger partial charge in [0.1, 0.15) is 17.8 Å². The van der Waals surface area contributed by atoms with Crippen molar-refractivity contribution in [2.24, 2.45) is 5.92 Å². The monoisotopic (exact) mass is 338 g/mol. The largest absolute Gasteiger partial charge is 0.496 e. The molecule has 0 saturated heterocycles. The van der Waals surface area contributed by atoms with E-state index in [4.69, 9.17) is 20.6 Å². The minimum absolute atomic E-state index is 0.0991. The molecule has 3 aromatic rings. The first kappa shape index (κ1) is 16.8. The summed E-state index contributed by atoms with van der Waals surface area (Å²) >= 11 is 0. The SMILES string of the molecule is COc1ccccc1/C(=C/c1coc2nc(N)nc(N)c12)CC(C)C. The van der Waals surface area contributed by atoms with E-state index in [1.54, 1.807) is 13.4 Å². The first-order chi connectivity index (χ1) is 12.0. The molecule has 0 spiro atoms. The maximum absolute atomic E-state index is 6.03. The van der Waals surface area contributed by atoms with Gasteiger partial charge in [0.15, 0.2) is 0 Å². The predicted octanol–water partition coefficient (Wildman–Crippen LogP) is 3.98. The number of rotatable bonds is 5. The van der Waals surface area contributed by atoms with E-state index in [-0.39, 0.29) is 5.95 Å². The molecule has 130 valence electrons. The maximum atomic E-state index is 6.03. The Labute approximate surface area is 146 Å². The van der Waals surface area contributed by atoms with Gasteiger partial charge >= 0.3 is 0 Å². The Morgan fingerprint density at radius 3 is 2.72 bits per heavy atom. The van der Waals surface area contributed by atoms with Gasteiger partial charge in [-0.2, -0.15) is 9.97 Å². The van der Waals surface area contributed by atoms with E-state index in [9.17, 15) is 0 Å². The van der Waals surface area contributed by atoms with Crippen molar-refractivity contribution in [1.29, 1.82) is 0 Å². The quantitative estimate of drug-likeness (QED) is 0.730. The van der Waals surface area contributed by atoms with Crippen molar-refractivity contribution in [2.75, 3.05) is 18.6 Å². The van der Waals surface area contributed by atoms with Crippen molar-refractivity contribution in [3.05, 3.63) is 41.7 Å². The zero-order chi connectivity index (χ0) is 18.0. The van der Waals surface area contributed by atoms with Crippen LogP contribution in [-0.2, 0) is 0 Å². The fourth-order valence-corrected chi connectivity index (χ4v) is 2.90. The summed E-state index contributed by atoms with van der Waals surface area (Å²) in [4.78, 5) is 8.14. The molecule has 0 radical (unpaired) electrons. The van der Waals surface area contributed by atoms with Gasteiger partial charge in [-0.15, -0.1) is 0 Å². The summed E-state index contributed by atoms with van der Waals surface area (Å²) in [7, 11) is 1.67. The van der Waals surface area contributed by atoms with E-state index < -0.39 is 0 Å². The molecular weight excluding hydrogens is 316 g/mol. The van der Waals surface area contributed by atoms with Crippen LogP contribution in [0.25, 0.3) is 22.7 Å². The average Bonchev–Trinajstić information content (AvgIpc) is 2.96. The lowest BCUT2D eigenvalue weighted by Crippen LogP contribution is -2.00. The Morgan fingerprint density at radius 2 is 2.00 bits per heavy atom. The second kappa shape index (κ2) is 6.84. The number of fused-ring (bicyclic) bond motifs is 1. The lowest BCUT2D eigenvalue weighted by atomic mass is 9.94. The summed E-state index contributed by atoms with van der Waals surface area (Å²) in [6, 6.07) is 7.96. The molecule has 0 unspecified atom stereocenters. The molecule has 0 aliphatic carbocycles. The summed E-state index contributed by atoms with van der Waals surface area (Å²) < 4.78 is 11.0. The van der Waals surface area contributed by atoms with Gasteiger partial charge in [0.2, 0.25) is 11.7 Å². The number of furan rings is 1. The third kappa shape index (κ3) is 3.42. The molecular formula is C19H22N4O2. The first-order valence-corrected chi connectivity index (χ1v) is 8.13. The Kier molecular flexibility index (Phi) is 4.61. The molecule has 0 aliphatic heterocycles. The summed E-state index contributed by atoms with van der Waals surface area (Å²) in [5.41, 5.74) is 15.1. The summed E-state index contributed by atoms with van der Waals surface area (Å²) in [5.74, 6) is 1.71. The minimum Gasteiger partial charge on any atom is -0.496 e. The van der Waals surface area contributed by atoms with Crippen molar-refractivity contribution in [3.63, 3.8) is 0 Å². The van der Waals surface area contributed by atoms with Crippen molar-refractivity contribution < 1.29 is 9.15 Å². The summed E-state index contributed by atoms with van der Waals surface area (Å²) in [6.07, 6.45) is 4.56. The number of anilines is 2. The number of methoxy groups -OCH3 is 1. The van der Waals surface area contributed by atoms with Crippen LogP contribution in [0.15, 0.2) is 34.9 Å². The van der Waals surface area contributed by atoms with E-state index in [0.29, 0.717) is 22.8 Å². The highest BCUT2D eigenvalue weighted by atomic mass is 16.5. The molecule has 0 aliphatic rings. The molecule has 0 atom stereocenters. The lowest BCUT2D eigenvalue weighted by Gasteiger charge is -2.14. The second-order valence-corrected chi connectivity index (χ2v) is 6.31. The van der Waals surface area contributed by atoms with Gasteiger partial charge < -0.3 is 20.6 Å². The molecule has 0 amide bonds. The molecule has 2 aromatic heterocycles. The van der Waals surface area contributed by atoms with Crippen LogP contribution in [0.3, 0.4) is 0 Å². The van der Waals surface area contributed by atoms with Crippen LogP contribution >= 0.6 is 0 Å². The number of allylic oxidation sites excluding steroid dienone is 1. The number of aromatic nitrogens is 2.